The number of carboxylic acids is 1. The van der Waals surface area contributed by atoms with E-state index in [1.54, 1.807) is 36.1 Å². The second-order valence-corrected chi connectivity index (χ2v) is 5.15. The number of benzene rings is 1. The average molecular weight is 277 g/mol. The highest BCUT2D eigenvalue weighted by Gasteiger charge is 2.38. The summed E-state index contributed by atoms with van der Waals surface area (Å²) < 4.78 is 0. The molecular formula is C16H23NO3. The highest BCUT2D eigenvalue weighted by Crippen LogP contribution is 2.28. The first-order valence-corrected chi connectivity index (χ1v) is 7.02. The number of rotatable bonds is 7. The van der Waals surface area contributed by atoms with Crippen LogP contribution >= 0.6 is 0 Å². The van der Waals surface area contributed by atoms with Gasteiger partial charge in [-0.2, -0.15) is 0 Å². The Morgan fingerprint density at radius 1 is 1.20 bits per heavy atom. The summed E-state index contributed by atoms with van der Waals surface area (Å²) in [5.74, 6) is -1.08. The van der Waals surface area contributed by atoms with Crippen molar-refractivity contribution in [3.8, 4) is 0 Å². The standard InChI is InChI=1S/C16H23NO3/c1-4-11-17(5-2)14(18)12-16(3,15(19)20)13-9-7-6-8-10-13/h6-10H,4-5,11-12H2,1-3H3,(H,19,20). The largest absolute Gasteiger partial charge is 0.481 e. The molecule has 0 saturated carbocycles. The summed E-state index contributed by atoms with van der Waals surface area (Å²) in [6.45, 7) is 6.80. The Hall–Kier alpha value is -1.84. The van der Waals surface area contributed by atoms with Gasteiger partial charge in [-0.15, -0.1) is 0 Å². The van der Waals surface area contributed by atoms with Crippen molar-refractivity contribution in [3.63, 3.8) is 0 Å². The van der Waals surface area contributed by atoms with Gasteiger partial charge in [-0.1, -0.05) is 37.3 Å². The molecule has 0 bridgehead atoms. The van der Waals surface area contributed by atoms with Crippen LogP contribution in [0.15, 0.2) is 30.3 Å². The molecule has 1 atom stereocenters. The zero-order valence-corrected chi connectivity index (χ0v) is 12.4. The minimum absolute atomic E-state index is 0.0137. The van der Waals surface area contributed by atoms with Crippen molar-refractivity contribution in [2.45, 2.75) is 39.0 Å². The van der Waals surface area contributed by atoms with Gasteiger partial charge in [0, 0.05) is 19.5 Å². The maximum Gasteiger partial charge on any atom is 0.314 e. The lowest BCUT2D eigenvalue weighted by atomic mass is 9.79. The number of hydrogen-bond donors (Lipinski definition) is 1. The van der Waals surface area contributed by atoms with E-state index in [9.17, 15) is 14.7 Å². The van der Waals surface area contributed by atoms with Crippen molar-refractivity contribution in [2.75, 3.05) is 13.1 Å². The number of nitrogens with zero attached hydrogens (tertiary/aromatic N) is 1. The molecule has 1 aromatic carbocycles. The molecule has 1 N–H and O–H groups in total. The van der Waals surface area contributed by atoms with Crippen LogP contribution in [0.4, 0.5) is 0 Å². The molecule has 0 heterocycles. The minimum atomic E-state index is -1.18. The third kappa shape index (κ3) is 3.59. The Morgan fingerprint density at radius 2 is 1.80 bits per heavy atom. The third-order valence-electron chi connectivity index (χ3n) is 3.62. The summed E-state index contributed by atoms with van der Waals surface area (Å²) in [7, 11) is 0. The van der Waals surface area contributed by atoms with Crippen molar-refractivity contribution >= 4 is 11.9 Å². The van der Waals surface area contributed by atoms with E-state index < -0.39 is 11.4 Å². The van der Waals surface area contributed by atoms with Crippen LogP contribution in [0, 0.1) is 0 Å². The lowest BCUT2D eigenvalue weighted by Crippen LogP contribution is -2.41. The normalized spacial score (nSPS) is 13.6. The molecule has 0 aliphatic carbocycles. The van der Waals surface area contributed by atoms with E-state index in [1.807, 2.05) is 19.9 Å². The smallest absolute Gasteiger partial charge is 0.314 e. The number of aliphatic carboxylic acids is 1. The van der Waals surface area contributed by atoms with E-state index in [-0.39, 0.29) is 12.3 Å². The van der Waals surface area contributed by atoms with Crippen molar-refractivity contribution in [2.24, 2.45) is 0 Å². The van der Waals surface area contributed by atoms with Crippen molar-refractivity contribution in [1.29, 1.82) is 0 Å². The van der Waals surface area contributed by atoms with Gasteiger partial charge < -0.3 is 10.0 Å². The summed E-state index contributed by atoms with van der Waals surface area (Å²) in [6.07, 6.45) is 0.856. The maximum absolute atomic E-state index is 12.3. The maximum atomic E-state index is 12.3. The van der Waals surface area contributed by atoms with E-state index in [0.717, 1.165) is 6.42 Å². The van der Waals surface area contributed by atoms with Gasteiger partial charge in [-0.3, -0.25) is 9.59 Å². The van der Waals surface area contributed by atoms with Crippen LogP contribution in [0.5, 0.6) is 0 Å². The fraction of sp³-hybridized carbons (Fsp3) is 0.500. The van der Waals surface area contributed by atoms with E-state index in [4.69, 9.17) is 0 Å². The first kappa shape index (κ1) is 16.2. The van der Waals surface area contributed by atoms with Crippen LogP contribution < -0.4 is 0 Å². The highest BCUT2D eigenvalue weighted by atomic mass is 16.4. The van der Waals surface area contributed by atoms with E-state index in [2.05, 4.69) is 0 Å². The van der Waals surface area contributed by atoms with Crippen LogP contribution in [0.2, 0.25) is 0 Å². The van der Waals surface area contributed by atoms with Gasteiger partial charge in [0.05, 0.1) is 5.41 Å². The summed E-state index contributed by atoms with van der Waals surface area (Å²) in [4.78, 5) is 25.7. The summed E-state index contributed by atoms with van der Waals surface area (Å²) in [5.41, 5.74) is -0.520. The van der Waals surface area contributed by atoms with Crippen LogP contribution in [0.1, 0.15) is 39.2 Å². The fourth-order valence-electron chi connectivity index (χ4n) is 2.25. The quantitative estimate of drug-likeness (QED) is 0.833. The molecule has 20 heavy (non-hydrogen) atoms. The predicted molar refractivity (Wildman–Crippen MR) is 78.6 cm³/mol. The molecule has 0 saturated heterocycles. The molecule has 0 fully saturated rings. The molecule has 0 aromatic heterocycles. The molecule has 1 aromatic rings. The zero-order chi connectivity index (χ0) is 15.2. The molecule has 0 spiro atoms. The van der Waals surface area contributed by atoms with Gasteiger partial charge in [-0.25, -0.2) is 0 Å². The zero-order valence-electron chi connectivity index (χ0n) is 12.4. The lowest BCUT2D eigenvalue weighted by Gasteiger charge is -2.28. The van der Waals surface area contributed by atoms with Crippen LogP contribution in [-0.2, 0) is 15.0 Å². The van der Waals surface area contributed by atoms with E-state index in [0.29, 0.717) is 18.7 Å². The monoisotopic (exact) mass is 277 g/mol. The van der Waals surface area contributed by atoms with Gasteiger partial charge in [0.2, 0.25) is 5.91 Å². The summed E-state index contributed by atoms with van der Waals surface area (Å²) in [6, 6.07) is 8.95. The third-order valence-corrected chi connectivity index (χ3v) is 3.62. The number of hydrogen-bond acceptors (Lipinski definition) is 2. The summed E-state index contributed by atoms with van der Waals surface area (Å²) in [5, 5.41) is 9.55. The average Bonchev–Trinajstić information content (AvgIpc) is 2.45. The minimum Gasteiger partial charge on any atom is -0.481 e. The highest BCUT2D eigenvalue weighted by molar-refractivity contribution is 5.89. The van der Waals surface area contributed by atoms with Crippen LogP contribution in [-0.4, -0.2) is 35.0 Å². The number of carboxylic acid groups (broad SMARTS) is 1. The fourth-order valence-corrected chi connectivity index (χ4v) is 2.25. The Kier molecular flexibility index (Phi) is 5.74. The number of carbonyl (C=O) groups is 2. The Morgan fingerprint density at radius 3 is 2.25 bits per heavy atom. The molecule has 0 aliphatic rings. The van der Waals surface area contributed by atoms with Crippen LogP contribution in [0.3, 0.4) is 0 Å². The van der Waals surface area contributed by atoms with E-state index in [1.165, 1.54) is 0 Å². The molecule has 1 amide bonds. The van der Waals surface area contributed by atoms with Crippen molar-refractivity contribution < 1.29 is 14.7 Å². The van der Waals surface area contributed by atoms with Gasteiger partial charge in [0.1, 0.15) is 0 Å². The Bertz CT molecular complexity index is 458. The first-order valence-electron chi connectivity index (χ1n) is 7.02. The molecule has 4 nitrogen and oxygen atoms in total. The van der Waals surface area contributed by atoms with E-state index >= 15 is 0 Å². The molecule has 1 unspecified atom stereocenters. The number of carbonyl (C=O) groups excluding carboxylic acids is 1. The Balaban J connectivity index is 2.99. The first-order chi connectivity index (χ1) is 9.45. The lowest BCUT2D eigenvalue weighted by molar-refractivity contribution is -0.147. The number of amides is 1. The molecule has 4 heteroatoms. The second kappa shape index (κ2) is 7.08. The van der Waals surface area contributed by atoms with Crippen molar-refractivity contribution in [3.05, 3.63) is 35.9 Å². The van der Waals surface area contributed by atoms with Crippen molar-refractivity contribution in [1.82, 2.24) is 4.90 Å². The second-order valence-electron chi connectivity index (χ2n) is 5.15. The van der Waals surface area contributed by atoms with Crippen LogP contribution in [0.25, 0.3) is 0 Å². The molecular weight excluding hydrogens is 254 g/mol. The predicted octanol–water partition coefficient (Wildman–Crippen LogP) is 2.68. The topological polar surface area (TPSA) is 57.6 Å². The van der Waals surface area contributed by atoms with Gasteiger partial charge in [-0.05, 0) is 25.8 Å². The molecule has 1 rings (SSSR count). The molecule has 0 aliphatic heterocycles. The SMILES string of the molecule is CCCN(CC)C(=O)CC(C)(C(=O)O)c1ccccc1. The van der Waals surface area contributed by atoms with Gasteiger partial charge >= 0.3 is 5.97 Å². The summed E-state index contributed by atoms with van der Waals surface area (Å²) >= 11 is 0. The van der Waals surface area contributed by atoms with Gasteiger partial charge in [0.25, 0.3) is 0 Å². The molecule has 0 radical (unpaired) electrons. The Labute approximate surface area is 120 Å². The molecule has 110 valence electrons. The van der Waals surface area contributed by atoms with Gasteiger partial charge in [0.15, 0.2) is 0 Å².